The molecule has 2 heterocycles. The van der Waals surface area contributed by atoms with Gasteiger partial charge in [0.15, 0.2) is 0 Å². The zero-order valence-electron chi connectivity index (χ0n) is 11.8. The Morgan fingerprint density at radius 2 is 1.75 bits per heavy atom. The molecule has 0 bridgehead atoms. The van der Waals surface area contributed by atoms with Crippen molar-refractivity contribution in [3.05, 3.63) is 59.9 Å². The fraction of sp³-hybridized carbons (Fsp3) is 0.353. The van der Waals surface area contributed by atoms with Crippen molar-refractivity contribution in [2.75, 3.05) is 18.0 Å². The van der Waals surface area contributed by atoms with E-state index in [9.17, 15) is 0 Å². The van der Waals surface area contributed by atoms with Crippen LogP contribution in [0.2, 0.25) is 0 Å². The first kappa shape index (κ1) is 13.1. The van der Waals surface area contributed by atoms with Gasteiger partial charge in [-0.1, -0.05) is 18.2 Å². The lowest BCUT2D eigenvalue weighted by Gasteiger charge is -2.17. The molecule has 104 valence electrons. The second kappa shape index (κ2) is 6.53. The maximum atomic E-state index is 4.31. The van der Waals surface area contributed by atoms with Crippen molar-refractivity contribution in [3.8, 4) is 0 Å². The molecule has 1 aliphatic rings. The number of hydrogen-bond donors (Lipinski definition) is 1. The Balaban J connectivity index is 1.50. The molecule has 1 aromatic heterocycles. The van der Waals surface area contributed by atoms with Crippen molar-refractivity contribution in [1.82, 2.24) is 10.3 Å². The van der Waals surface area contributed by atoms with Crippen LogP contribution in [0.4, 0.5) is 5.69 Å². The first-order valence-corrected chi connectivity index (χ1v) is 7.36. The summed E-state index contributed by atoms with van der Waals surface area (Å²) < 4.78 is 0. The van der Waals surface area contributed by atoms with Gasteiger partial charge in [0.05, 0.1) is 5.69 Å². The molecule has 0 amide bonds. The van der Waals surface area contributed by atoms with E-state index >= 15 is 0 Å². The number of benzene rings is 1. The van der Waals surface area contributed by atoms with Crippen molar-refractivity contribution < 1.29 is 0 Å². The molecule has 20 heavy (non-hydrogen) atoms. The van der Waals surface area contributed by atoms with Crippen LogP contribution in [0.3, 0.4) is 0 Å². The van der Waals surface area contributed by atoms with Gasteiger partial charge in [-0.25, -0.2) is 0 Å². The summed E-state index contributed by atoms with van der Waals surface area (Å²) in [4.78, 5) is 6.77. The van der Waals surface area contributed by atoms with Gasteiger partial charge >= 0.3 is 0 Å². The summed E-state index contributed by atoms with van der Waals surface area (Å²) in [6.45, 7) is 4.11. The Hall–Kier alpha value is -1.87. The minimum atomic E-state index is 0.814. The highest BCUT2D eigenvalue weighted by Gasteiger charge is 2.11. The van der Waals surface area contributed by atoms with E-state index in [0.29, 0.717) is 0 Å². The topological polar surface area (TPSA) is 28.2 Å². The molecule has 0 saturated carbocycles. The molecule has 3 rings (SSSR count). The summed E-state index contributed by atoms with van der Waals surface area (Å²) in [7, 11) is 0. The predicted molar refractivity (Wildman–Crippen MR) is 82.7 cm³/mol. The third-order valence-corrected chi connectivity index (χ3v) is 3.77. The fourth-order valence-corrected chi connectivity index (χ4v) is 2.64. The molecule has 0 unspecified atom stereocenters. The van der Waals surface area contributed by atoms with Crippen LogP contribution in [0.15, 0.2) is 48.7 Å². The molecular formula is C17H21N3. The van der Waals surface area contributed by atoms with E-state index in [4.69, 9.17) is 0 Å². The maximum Gasteiger partial charge on any atom is 0.0541 e. The Morgan fingerprint density at radius 1 is 0.950 bits per heavy atom. The van der Waals surface area contributed by atoms with E-state index in [-0.39, 0.29) is 0 Å². The monoisotopic (exact) mass is 267 g/mol. The third-order valence-electron chi connectivity index (χ3n) is 3.77. The smallest absolute Gasteiger partial charge is 0.0541 e. The summed E-state index contributed by atoms with van der Waals surface area (Å²) >= 11 is 0. The van der Waals surface area contributed by atoms with Crippen LogP contribution in [-0.4, -0.2) is 18.1 Å². The Kier molecular flexibility index (Phi) is 4.28. The molecule has 1 N–H and O–H groups in total. The average Bonchev–Trinajstić information content (AvgIpc) is 3.03. The SMILES string of the molecule is c1ccc(CNCc2ccc(N3CCCC3)cc2)nc1. The largest absolute Gasteiger partial charge is 0.372 e. The van der Waals surface area contributed by atoms with Gasteiger partial charge in [0.25, 0.3) is 0 Å². The highest BCUT2D eigenvalue weighted by molar-refractivity contribution is 5.48. The number of hydrogen-bond acceptors (Lipinski definition) is 3. The van der Waals surface area contributed by atoms with E-state index in [1.807, 2.05) is 24.4 Å². The zero-order valence-corrected chi connectivity index (χ0v) is 11.8. The highest BCUT2D eigenvalue weighted by atomic mass is 15.1. The first-order chi connectivity index (χ1) is 9.92. The van der Waals surface area contributed by atoms with E-state index in [1.165, 1.54) is 37.2 Å². The Morgan fingerprint density at radius 3 is 2.45 bits per heavy atom. The first-order valence-electron chi connectivity index (χ1n) is 7.36. The second-order valence-electron chi connectivity index (χ2n) is 5.29. The summed E-state index contributed by atoms with van der Waals surface area (Å²) in [5.74, 6) is 0. The molecular weight excluding hydrogens is 246 g/mol. The highest BCUT2D eigenvalue weighted by Crippen LogP contribution is 2.20. The van der Waals surface area contributed by atoms with Gasteiger partial charge in [-0.2, -0.15) is 0 Å². The van der Waals surface area contributed by atoms with Crippen molar-refractivity contribution in [3.63, 3.8) is 0 Å². The van der Waals surface area contributed by atoms with Crippen LogP contribution in [0.25, 0.3) is 0 Å². The lowest BCUT2D eigenvalue weighted by Crippen LogP contribution is -2.17. The Labute approximate surface area is 120 Å². The molecule has 1 aliphatic heterocycles. The van der Waals surface area contributed by atoms with E-state index < -0.39 is 0 Å². The lowest BCUT2D eigenvalue weighted by atomic mass is 10.2. The van der Waals surface area contributed by atoms with Crippen LogP contribution in [0.5, 0.6) is 0 Å². The van der Waals surface area contributed by atoms with Crippen LogP contribution >= 0.6 is 0 Å². The minimum absolute atomic E-state index is 0.814. The average molecular weight is 267 g/mol. The van der Waals surface area contributed by atoms with E-state index in [1.54, 1.807) is 0 Å². The van der Waals surface area contributed by atoms with Crippen LogP contribution in [-0.2, 0) is 13.1 Å². The van der Waals surface area contributed by atoms with Gasteiger partial charge in [0.2, 0.25) is 0 Å². The van der Waals surface area contributed by atoms with E-state index in [0.717, 1.165) is 18.8 Å². The molecule has 1 saturated heterocycles. The molecule has 0 atom stereocenters. The summed E-state index contributed by atoms with van der Waals surface area (Å²) in [5.41, 5.74) is 3.76. The second-order valence-corrected chi connectivity index (χ2v) is 5.29. The van der Waals surface area contributed by atoms with Gasteiger partial charge in [0, 0.05) is 38.1 Å². The third kappa shape index (κ3) is 3.36. The molecule has 1 aromatic carbocycles. The van der Waals surface area contributed by atoms with Gasteiger partial charge in [-0.3, -0.25) is 4.98 Å². The lowest BCUT2D eigenvalue weighted by molar-refractivity contribution is 0.679. The van der Waals surface area contributed by atoms with Gasteiger partial charge in [-0.15, -0.1) is 0 Å². The zero-order chi connectivity index (χ0) is 13.6. The van der Waals surface area contributed by atoms with Crippen LogP contribution < -0.4 is 10.2 Å². The number of nitrogens with zero attached hydrogens (tertiary/aromatic N) is 2. The van der Waals surface area contributed by atoms with Gasteiger partial charge < -0.3 is 10.2 Å². The molecule has 3 heteroatoms. The fourth-order valence-electron chi connectivity index (χ4n) is 2.64. The molecule has 3 nitrogen and oxygen atoms in total. The van der Waals surface area contributed by atoms with Crippen molar-refractivity contribution >= 4 is 5.69 Å². The summed E-state index contributed by atoms with van der Waals surface area (Å²) in [6, 6.07) is 14.9. The minimum Gasteiger partial charge on any atom is -0.372 e. The number of pyridine rings is 1. The molecule has 0 radical (unpaired) electrons. The van der Waals surface area contributed by atoms with Crippen LogP contribution in [0.1, 0.15) is 24.1 Å². The normalized spacial score (nSPS) is 14.7. The molecule has 1 fully saturated rings. The Bertz CT molecular complexity index is 516. The van der Waals surface area contributed by atoms with Crippen molar-refractivity contribution in [2.45, 2.75) is 25.9 Å². The number of nitrogens with one attached hydrogen (secondary N) is 1. The summed E-state index contributed by atoms with van der Waals surface area (Å²) in [6.07, 6.45) is 4.49. The van der Waals surface area contributed by atoms with E-state index in [2.05, 4.69) is 39.5 Å². The van der Waals surface area contributed by atoms with Gasteiger partial charge in [-0.05, 0) is 42.7 Å². The number of rotatable bonds is 5. The quantitative estimate of drug-likeness (QED) is 0.902. The maximum absolute atomic E-state index is 4.31. The standard InChI is InChI=1S/C17H21N3/c1-2-10-19-16(5-1)14-18-13-15-6-8-17(9-7-15)20-11-3-4-12-20/h1-2,5-10,18H,3-4,11-14H2. The number of aromatic nitrogens is 1. The molecule has 2 aromatic rings. The predicted octanol–water partition coefficient (Wildman–Crippen LogP) is 2.97. The molecule has 0 aliphatic carbocycles. The molecule has 0 spiro atoms. The number of anilines is 1. The summed E-state index contributed by atoms with van der Waals surface area (Å²) in [5, 5.41) is 3.43. The van der Waals surface area contributed by atoms with Crippen LogP contribution in [0, 0.1) is 0 Å². The van der Waals surface area contributed by atoms with Crippen molar-refractivity contribution in [2.24, 2.45) is 0 Å². The van der Waals surface area contributed by atoms with Crippen molar-refractivity contribution in [1.29, 1.82) is 0 Å². The van der Waals surface area contributed by atoms with Gasteiger partial charge in [0.1, 0.15) is 0 Å².